The molecule has 0 aliphatic heterocycles. The number of aromatic nitrogens is 4. The SMILES string of the molecule is Cc1nnsc1C(=O)N[C@@H]1CCCc2c1cnn2C(C)(C)C. The molecule has 0 fully saturated rings. The summed E-state index contributed by atoms with van der Waals surface area (Å²) in [6.45, 7) is 8.25. The molecule has 6 nitrogen and oxygen atoms in total. The first kappa shape index (κ1) is 15.1. The van der Waals surface area contributed by atoms with Crippen LogP contribution in [0.2, 0.25) is 0 Å². The number of rotatable bonds is 2. The van der Waals surface area contributed by atoms with Crippen molar-refractivity contribution in [2.45, 2.75) is 58.5 Å². The number of aryl methyl sites for hydroxylation is 1. The molecule has 0 bridgehead atoms. The lowest BCUT2D eigenvalue weighted by molar-refractivity contribution is 0.0936. The lowest BCUT2D eigenvalue weighted by Crippen LogP contribution is -2.32. The minimum atomic E-state index is -0.0890. The molecule has 1 N–H and O–H groups in total. The molecule has 2 aromatic heterocycles. The average molecular weight is 319 g/mol. The van der Waals surface area contributed by atoms with Gasteiger partial charge in [0.2, 0.25) is 0 Å². The molecule has 2 aromatic rings. The van der Waals surface area contributed by atoms with Gasteiger partial charge in [-0.1, -0.05) is 4.49 Å². The standard InChI is InChI=1S/C15H21N5OS/c1-9-13(22-19-18-9)14(21)17-11-6-5-7-12-10(11)8-16-20(12)15(2,3)4/h8,11H,5-7H2,1-4H3,(H,17,21)/t11-/m1/s1. The highest BCUT2D eigenvalue weighted by molar-refractivity contribution is 7.08. The Kier molecular flexibility index (Phi) is 3.76. The Hall–Kier alpha value is -1.76. The Labute approximate surface area is 134 Å². The van der Waals surface area contributed by atoms with Crippen molar-refractivity contribution in [3.05, 3.63) is 28.0 Å². The number of hydrogen-bond acceptors (Lipinski definition) is 5. The molecule has 0 radical (unpaired) electrons. The molecule has 2 heterocycles. The second-order valence-electron chi connectivity index (χ2n) is 6.73. The highest BCUT2D eigenvalue weighted by Gasteiger charge is 2.29. The van der Waals surface area contributed by atoms with Crippen molar-refractivity contribution in [2.24, 2.45) is 0 Å². The molecule has 0 saturated carbocycles. The van der Waals surface area contributed by atoms with Crippen LogP contribution in [-0.4, -0.2) is 25.3 Å². The normalized spacial score (nSPS) is 18.1. The van der Waals surface area contributed by atoms with Crippen LogP contribution in [0.25, 0.3) is 0 Å². The van der Waals surface area contributed by atoms with Gasteiger partial charge in [0.25, 0.3) is 5.91 Å². The van der Waals surface area contributed by atoms with Gasteiger partial charge in [0.1, 0.15) is 4.88 Å². The summed E-state index contributed by atoms with van der Waals surface area (Å²) in [6.07, 6.45) is 4.92. The summed E-state index contributed by atoms with van der Waals surface area (Å²) < 4.78 is 5.91. The van der Waals surface area contributed by atoms with E-state index in [1.807, 2.05) is 13.1 Å². The van der Waals surface area contributed by atoms with Gasteiger partial charge < -0.3 is 5.32 Å². The van der Waals surface area contributed by atoms with Crippen LogP contribution < -0.4 is 5.32 Å². The summed E-state index contributed by atoms with van der Waals surface area (Å²) in [6, 6.07) is 0.0221. The smallest absolute Gasteiger partial charge is 0.265 e. The maximum atomic E-state index is 12.4. The predicted molar refractivity (Wildman–Crippen MR) is 85.0 cm³/mol. The van der Waals surface area contributed by atoms with Crippen LogP contribution in [0.5, 0.6) is 0 Å². The van der Waals surface area contributed by atoms with Gasteiger partial charge in [-0.3, -0.25) is 9.48 Å². The van der Waals surface area contributed by atoms with E-state index in [0.717, 1.165) is 36.4 Å². The Morgan fingerprint density at radius 1 is 1.45 bits per heavy atom. The highest BCUT2D eigenvalue weighted by Crippen LogP contribution is 2.32. The van der Waals surface area contributed by atoms with E-state index in [1.54, 1.807) is 0 Å². The highest BCUT2D eigenvalue weighted by atomic mass is 32.1. The molecule has 0 unspecified atom stereocenters. The van der Waals surface area contributed by atoms with Crippen LogP contribution in [0.15, 0.2) is 6.20 Å². The van der Waals surface area contributed by atoms with Gasteiger partial charge in [-0.2, -0.15) is 5.10 Å². The van der Waals surface area contributed by atoms with Crippen LogP contribution in [0.1, 0.15) is 66.3 Å². The molecule has 118 valence electrons. The first-order valence-electron chi connectivity index (χ1n) is 7.55. The maximum absolute atomic E-state index is 12.4. The van der Waals surface area contributed by atoms with Gasteiger partial charge in [0.15, 0.2) is 0 Å². The largest absolute Gasteiger partial charge is 0.344 e. The molecule has 1 atom stereocenters. The Bertz CT molecular complexity index is 697. The predicted octanol–water partition coefficient (Wildman–Crippen LogP) is 2.61. The Balaban J connectivity index is 1.85. The topological polar surface area (TPSA) is 72.7 Å². The van der Waals surface area contributed by atoms with Gasteiger partial charge in [-0.05, 0) is 58.5 Å². The molecule has 1 amide bonds. The Morgan fingerprint density at radius 2 is 2.23 bits per heavy atom. The minimum Gasteiger partial charge on any atom is -0.344 e. The average Bonchev–Trinajstić information content (AvgIpc) is 3.04. The molecular weight excluding hydrogens is 298 g/mol. The third kappa shape index (κ3) is 2.65. The van der Waals surface area contributed by atoms with Crippen LogP contribution in [0.4, 0.5) is 0 Å². The summed E-state index contributed by atoms with van der Waals surface area (Å²) in [5.41, 5.74) is 3.02. The van der Waals surface area contributed by atoms with E-state index >= 15 is 0 Å². The van der Waals surface area contributed by atoms with Crippen molar-refractivity contribution in [3.8, 4) is 0 Å². The van der Waals surface area contributed by atoms with Gasteiger partial charge in [0, 0.05) is 11.3 Å². The lowest BCUT2D eigenvalue weighted by Gasteiger charge is -2.28. The summed E-state index contributed by atoms with van der Waals surface area (Å²) in [5.74, 6) is -0.0890. The number of nitrogens with one attached hydrogen (secondary N) is 1. The fraction of sp³-hybridized carbons (Fsp3) is 0.600. The number of carbonyl (C=O) groups is 1. The quantitative estimate of drug-likeness (QED) is 0.923. The second kappa shape index (κ2) is 5.46. The van der Waals surface area contributed by atoms with Crippen LogP contribution in [0, 0.1) is 6.92 Å². The lowest BCUT2D eigenvalue weighted by atomic mass is 9.92. The first-order valence-corrected chi connectivity index (χ1v) is 8.32. The van der Waals surface area contributed by atoms with Crippen LogP contribution in [-0.2, 0) is 12.0 Å². The fourth-order valence-corrected chi connectivity index (χ4v) is 3.51. The number of amides is 1. The third-order valence-corrected chi connectivity index (χ3v) is 4.81. The zero-order valence-electron chi connectivity index (χ0n) is 13.4. The molecule has 3 rings (SSSR count). The minimum absolute atomic E-state index is 0.0221. The van der Waals surface area contributed by atoms with Gasteiger partial charge >= 0.3 is 0 Å². The van der Waals surface area contributed by atoms with E-state index in [9.17, 15) is 4.79 Å². The summed E-state index contributed by atoms with van der Waals surface area (Å²) >= 11 is 1.14. The molecule has 0 spiro atoms. The maximum Gasteiger partial charge on any atom is 0.265 e. The molecule has 0 aromatic carbocycles. The van der Waals surface area contributed by atoms with E-state index in [0.29, 0.717) is 10.6 Å². The van der Waals surface area contributed by atoms with E-state index in [4.69, 9.17) is 0 Å². The van der Waals surface area contributed by atoms with Gasteiger partial charge in [0.05, 0.1) is 23.5 Å². The molecule has 22 heavy (non-hydrogen) atoms. The van der Waals surface area contributed by atoms with Crippen molar-refractivity contribution in [2.75, 3.05) is 0 Å². The van der Waals surface area contributed by atoms with Crippen molar-refractivity contribution in [3.63, 3.8) is 0 Å². The number of fused-ring (bicyclic) bond motifs is 1. The summed E-state index contributed by atoms with van der Waals surface area (Å²) in [7, 11) is 0. The summed E-state index contributed by atoms with van der Waals surface area (Å²) in [4.78, 5) is 13.0. The van der Waals surface area contributed by atoms with Crippen LogP contribution >= 0.6 is 11.5 Å². The molecule has 1 aliphatic carbocycles. The zero-order chi connectivity index (χ0) is 15.9. The molecule has 1 aliphatic rings. The number of hydrogen-bond donors (Lipinski definition) is 1. The summed E-state index contributed by atoms with van der Waals surface area (Å²) in [5, 5.41) is 11.6. The number of nitrogens with zero attached hydrogens (tertiary/aromatic N) is 4. The van der Waals surface area contributed by atoms with E-state index < -0.39 is 0 Å². The van der Waals surface area contributed by atoms with E-state index in [2.05, 4.69) is 45.5 Å². The number of carbonyl (C=O) groups excluding carboxylic acids is 1. The van der Waals surface area contributed by atoms with Gasteiger partial charge in [-0.25, -0.2) is 0 Å². The zero-order valence-corrected chi connectivity index (χ0v) is 14.2. The van der Waals surface area contributed by atoms with Crippen LogP contribution in [0.3, 0.4) is 0 Å². The monoisotopic (exact) mass is 319 g/mol. The van der Waals surface area contributed by atoms with Gasteiger partial charge in [-0.15, -0.1) is 5.10 Å². The second-order valence-corrected chi connectivity index (χ2v) is 7.49. The van der Waals surface area contributed by atoms with E-state index in [1.165, 1.54) is 5.69 Å². The molecule has 7 heteroatoms. The van der Waals surface area contributed by atoms with Crippen molar-refractivity contribution >= 4 is 17.4 Å². The van der Waals surface area contributed by atoms with Crippen molar-refractivity contribution in [1.29, 1.82) is 0 Å². The molecular formula is C15H21N5OS. The molecule has 0 saturated heterocycles. The third-order valence-electron chi connectivity index (χ3n) is 3.98. The van der Waals surface area contributed by atoms with Crippen molar-refractivity contribution < 1.29 is 4.79 Å². The first-order chi connectivity index (χ1) is 10.4. The Morgan fingerprint density at radius 3 is 2.86 bits per heavy atom. The fourth-order valence-electron chi connectivity index (χ4n) is 2.95. The van der Waals surface area contributed by atoms with E-state index in [-0.39, 0.29) is 17.5 Å². The van der Waals surface area contributed by atoms with Crippen molar-refractivity contribution in [1.82, 2.24) is 24.7 Å².